The Morgan fingerprint density at radius 1 is 1.33 bits per heavy atom. The second kappa shape index (κ2) is 5.58. The largest absolute Gasteiger partial charge is 0.495 e. The smallest absolute Gasteiger partial charge is 0.259 e. The van der Waals surface area contributed by atoms with Crippen LogP contribution in [0.3, 0.4) is 0 Å². The lowest BCUT2D eigenvalue weighted by Gasteiger charge is -2.10. The zero-order valence-electron chi connectivity index (χ0n) is 11.4. The van der Waals surface area contributed by atoms with Gasteiger partial charge in [0.25, 0.3) is 5.91 Å². The van der Waals surface area contributed by atoms with Crippen molar-refractivity contribution in [2.45, 2.75) is 11.8 Å². The first-order valence-corrected chi connectivity index (χ1v) is 7.44. The van der Waals surface area contributed by atoms with Crippen molar-refractivity contribution in [1.29, 1.82) is 0 Å². The molecular weight excluding hydrogens is 296 g/mol. The fourth-order valence-electron chi connectivity index (χ4n) is 1.80. The van der Waals surface area contributed by atoms with Gasteiger partial charge in [0, 0.05) is 5.69 Å². The number of primary sulfonamides is 1. The third kappa shape index (κ3) is 3.23. The molecule has 1 heterocycles. The Kier molecular flexibility index (Phi) is 4.01. The van der Waals surface area contributed by atoms with Crippen molar-refractivity contribution in [2.75, 3.05) is 12.4 Å². The van der Waals surface area contributed by atoms with Gasteiger partial charge in [-0.2, -0.15) is 0 Å². The van der Waals surface area contributed by atoms with Crippen LogP contribution in [0.1, 0.15) is 16.1 Å². The molecule has 0 aliphatic heterocycles. The summed E-state index contributed by atoms with van der Waals surface area (Å²) >= 11 is 0. The van der Waals surface area contributed by atoms with Gasteiger partial charge >= 0.3 is 0 Å². The molecule has 0 fully saturated rings. The SMILES string of the molecule is COc1ccc(NC(=O)c2ccoc2C)cc1S(N)(=O)=O. The third-order valence-electron chi connectivity index (χ3n) is 2.83. The van der Waals surface area contributed by atoms with E-state index in [-0.39, 0.29) is 16.3 Å². The predicted octanol–water partition coefficient (Wildman–Crippen LogP) is 1.50. The molecule has 0 spiro atoms. The number of amides is 1. The van der Waals surface area contributed by atoms with Crippen molar-refractivity contribution < 1.29 is 22.4 Å². The van der Waals surface area contributed by atoms with Crippen molar-refractivity contribution in [3.05, 3.63) is 41.9 Å². The monoisotopic (exact) mass is 310 g/mol. The Morgan fingerprint density at radius 3 is 2.57 bits per heavy atom. The summed E-state index contributed by atoms with van der Waals surface area (Å²) in [6, 6.07) is 5.69. The van der Waals surface area contributed by atoms with E-state index in [0.717, 1.165) is 0 Å². The second-order valence-corrected chi connectivity index (χ2v) is 5.79. The highest BCUT2D eigenvalue weighted by Crippen LogP contribution is 2.26. The van der Waals surface area contributed by atoms with Crippen LogP contribution in [0, 0.1) is 6.92 Å². The lowest BCUT2D eigenvalue weighted by atomic mass is 10.2. The molecule has 112 valence electrons. The molecule has 0 radical (unpaired) electrons. The van der Waals surface area contributed by atoms with E-state index in [1.165, 1.54) is 37.6 Å². The molecule has 2 aromatic rings. The zero-order chi connectivity index (χ0) is 15.6. The van der Waals surface area contributed by atoms with Gasteiger partial charge < -0.3 is 14.5 Å². The Balaban J connectivity index is 2.34. The van der Waals surface area contributed by atoms with E-state index in [2.05, 4.69) is 5.32 Å². The van der Waals surface area contributed by atoms with Crippen LogP contribution in [-0.2, 0) is 10.0 Å². The van der Waals surface area contributed by atoms with Gasteiger partial charge in [0.15, 0.2) is 0 Å². The minimum atomic E-state index is -3.96. The highest BCUT2D eigenvalue weighted by atomic mass is 32.2. The maximum atomic E-state index is 12.0. The summed E-state index contributed by atoms with van der Waals surface area (Å²) in [7, 11) is -2.63. The summed E-state index contributed by atoms with van der Waals surface area (Å²) < 4.78 is 33.0. The lowest BCUT2D eigenvalue weighted by Crippen LogP contribution is -2.16. The van der Waals surface area contributed by atoms with E-state index in [4.69, 9.17) is 14.3 Å². The van der Waals surface area contributed by atoms with Gasteiger partial charge in [-0.25, -0.2) is 13.6 Å². The third-order valence-corrected chi connectivity index (χ3v) is 3.76. The molecule has 1 amide bonds. The number of carbonyl (C=O) groups is 1. The van der Waals surface area contributed by atoms with Crippen LogP contribution in [-0.4, -0.2) is 21.4 Å². The molecular formula is C13H14N2O5S. The first-order chi connectivity index (χ1) is 9.82. The highest BCUT2D eigenvalue weighted by Gasteiger charge is 2.17. The Labute approximate surface area is 121 Å². The normalized spacial score (nSPS) is 11.2. The molecule has 0 aliphatic carbocycles. The maximum absolute atomic E-state index is 12.0. The molecule has 1 aromatic heterocycles. The molecule has 7 nitrogen and oxygen atoms in total. The number of hydrogen-bond acceptors (Lipinski definition) is 5. The summed E-state index contributed by atoms with van der Waals surface area (Å²) in [4.78, 5) is 11.8. The first kappa shape index (κ1) is 15.1. The standard InChI is InChI=1S/C13H14N2O5S/c1-8-10(5-6-20-8)13(16)15-9-3-4-11(19-2)12(7-9)21(14,17)18/h3-7H,1-2H3,(H,15,16)(H2,14,17,18). The van der Waals surface area contributed by atoms with E-state index in [1.807, 2.05) is 0 Å². The number of methoxy groups -OCH3 is 1. The molecule has 21 heavy (non-hydrogen) atoms. The number of furan rings is 1. The van der Waals surface area contributed by atoms with E-state index in [1.54, 1.807) is 6.92 Å². The zero-order valence-corrected chi connectivity index (χ0v) is 12.2. The van der Waals surface area contributed by atoms with Crippen molar-refractivity contribution in [2.24, 2.45) is 5.14 Å². The molecule has 0 unspecified atom stereocenters. The molecule has 0 atom stereocenters. The number of ether oxygens (including phenoxy) is 1. The fraction of sp³-hybridized carbons (Fsp3) is 0.154. The van der Waals surface area contributed by atoms with Gasteiger partial charge in [0.2, 0.25) is 10.0 Å². The fourth-order valence-corrected chi connectivity index (χ4v) is 2.52. The number of hydrogen-bond donors (Lipinski definition) is 2. The second-order valence-electron chi connectivity index (χ2n) is 4.26. The average Bonchev–Trinajstić information content (AvgIpc) is 2.84. The number of anilines is 1. The van der Waals surface area contributed by atoms with E-state index in [0.29, 0.717) is 11.3 Å². The number of carbonyl (C=O) groups excluding carboxylic acids is 1. The summed E-state index contributed by atoms with van der Waals surface area (Å²) in [5.41, 5.74) is 0.647. The van der Waals surface area contributed by atoms with Gasteiger partial charge in [-0.15, -0.1) is 0 Å². The number of benzene rings is 1. The Hall–Kier alpha value is -2.32. The number of sulfonamides is 1. The van der Waals surface area contributed by atoms with Gasteiger partial charge in [0.05, 0.1) is 18.9 Å². The van der Waals surface area contributed by atoms with Gasteiger partial charge in [-0.05, 0) is 31.2 Å². The quantitative estimate of drug-likeness (QED) is 0.888. The minimum absolute atomic E-state index is 0.106. The maximum Gasteiger partial charge on any atom is 0.259 e. The lowest BCUT2D eigenvalue weighted by molar-refractivity contribution is 0.102. The molecule has 0 saturated heterocycles. The van der Waals surface area contributed by atoms with Crippen LogP contribution in [0.15, 0.2) is 39.8 Å². The molecule has 0 aliphatic rings. The highest BCUT2D eigenvalue weighted by molar-refractivity contribution is 7.89. The first-order valence-electron chi connectivity index (χ1n) is 5.89. The minimum Gasteiger partial charge on any atom is -0.495 e. The number of aryl methyl sites for hydroxylation is 1. The summed E-state index contributed by atoms with van der Waals surface area (Å²) in [6.07, 6.45) is 1.40. The van der Waals surface area contributed by atoms with Gasteiger partial charge in [-0.3, -0.25) is 4.79 Å². The number of nitrogens with two attached hydrogens (primary N) is 1. The predicted molar refractivity (Wildman–Crippen MR) is 75.8 cm³/mol. The van der Waals surface area contributed by atoms with Crippen LogP contribution < -0.4 is 15.2 Å². The summed E-state index contributed by atoms with van der Waals surface area (Å²) in [5.74, 6) is 0.162. The number of nitrogens with one attached hydrogen (secondary N) is 1. The van der Waals surface area contributed by atoms with Crippen LogP contribution in [0.4, 0.5) is 5.69 Å². The van der Waals surface area contributed by atoms with Crippen LogP contribution >= 0.6 is 0 Å². The average molecular weight is 310 g/mol. The molecule has 2 rings (SSSR count). The van der Waals surface area contributed by atoms with Crippen LogP contribution in [0.5, 0.6) is 5.75 Å². The molecule has 8 heteroatoms. The van der Waals surface area contributed by atoms with Crippen molar-refractivity contribution in [3.63, 3.8) is 0 Å². The molecule has 1 aromatic carbocycles. The summed E-state index contributed by atoms with van der Waals surface area (Å²) in [5, 5.41) is 7.69. The van der Waals surface area contributed by atoms with E-state index in [9.17, 15) is 13.2 Å². The van der Waals surface area contributed by atoms with Crippen LogP contribution in [0.25, 0.3) is 0 Å². The van der Waals surface area contributed by atoms with Crippen molar-refractivity contribution in [1.82, 2.24) is 0 Å². The van der Waals surface area contributed by atoms with Crippen molar-refractivity contribution >= 4 is 21.6 Å². The Bertz CT molecular complexity index is 780. The van der Waals surface area contributed by atoms with Gasteiger partial charge in [0.1, 0.15) is 16.4 Å². The Morgan fingerprint density at radius 2 is 2.05 bits per heavy atom. The van der Waals surface area contributed by atoms with Crippen LogP contribution in [0.2, 0.25) is 0 Å². The van der Waals surface area contributed by atoms with Gasteiger partial charge in [-0.1, -0.05) is 0 Å². The summed E-state index contributed by atoms with van der Waals surface area (Å²) in [6.45, 7) is 1.65. The number of rotatable bonds is 4. The topological polar surface area (TPSA) is 112 Å². The van der Waals surface area contributed by atoms with E-state index >= 15 is 0 Å². The van der Waals surface area contributed by atoms with E-state index < -0.39 is 15.9 Å². The molecule has 0 saturated carbocycles. The molecule has 0 bridgehead atoms. The molecule has 3 N–H and O–H groups in total. The van der Waals surface area contributed by atoms with Crippen molar-refractivity contribution in [3.8, 4) is 5.75 Å².